The van der Waals surface area contributed by atoms with Crippen molar-refractivity contribution in [1.29, 1.82) is 0 Å². The highest BCUT2D eigenvalue weighted by Crippen LogP contribution is 2.20. The van der Waals surface area contributed by atoms with E-state index in [0.29, 0.717) is 5.75 Å². The number of hydrogen-bond donors (Lipinski definition) is 1. The smallest absolute Gasteiger partial charge is 0.328 e. The molecule has 86 valence electrons. The van der Waals surface area contributed by atoms with Crippen LogP contribution in [0.5, 0.6) is 5.75 Å². The lowest BCUT2D eigenvalue weighted by molar-refractivity contribution is -0.136. The van der Waals surface area contributed by atoms with Crippen LogP contribution in [-0.2, 0) is 4.79 Å². The molecule has 1 fully saturated rings. The van der Waals surface area contributed by atoms with Crippen LogP contribution >= 0.6 is 0 Å². The summed E-state index contributed by atoms with van der Waals surface area (Å²) < 4.78 is 5.38. The Balaban J connectivity index is 2.05. The third-order valence-corrected chi connectivity index (χ3v) is 2.89. The van der Waals surface area contributed by atoms with Crippen LogP contribution in [0, 0.1) is 13.8 Å². The topological polar surface area (TPSA) is 38.3 Å². The van der Waals surface area contributed by atoms with Crippen LogP contribution < -0.4 is 10.1 Å². The standard InChI is InChI=1S/C13H17NO2/c1-9-5-6-12(10(2)8-9)16-13(15)11-4-3-7-14-11/h5-6,8,11,14H,3-4,7H2,1-2H3. The fraction of sp³-hybridized carbons (Fsp3) is 0.462. The summed E-state index contributed by atoms with van der Waals surface area (Å²) in [5.41, 5.74) is 2.18. The number of ether oxygens (including phenoxy) is 1. The van der Waals surface area contributed by atoms with Gasteiger partial charge in [0.1, 0.15) is 11.8 Å². The van der Waals surface area contributed by atoms with Crippen molar-refractivity contribution < 1.29 is 9.53 Å². The van der Waals surface area contributed by atoms with Crippen molar-refractivity contribution in [2.45, 2.75) is 32.7 Å². The van der Waals surface area contributed by atoms with E-state index in [9.17, 15) is 4.79 Å². The molecule has 16 heavy (non-hydrogen) atoms. The predicted molar refractivity (Wildman–Crippen MR) is 62.6 cm³/mol. The molecule has 0 aliphatic carbocycles. The van der Waals surface area contributed by atoms with Crippen molar-refractivity contribution in [2.75, 3.05) is 6.54 Å². The molecule has 1 heterocycles. The van der Waals surface area contributed by atoms with Crippen LogP contribution in [0.2, 0.25) is 0 Å². The number of esters is 1. The molecule has 1 saturated heterocycles. The molecule has 1 aliphatic rings. The first-order valence-electron chi connectivity index (χ1n) is 5.69. The molecular weight excluding hydrogens is 202 g/mol. The van der Waals surface area contributed by atoms with Gasteiger partial charge in [0.15, 0.2) is 0 Å². The van der Waals surface area contributed by atoms with Gasteiger partial charge in [-0.05, 0) is 44.9 Å². The van der Waals surface area contributed by atoms with Crippen LogP contribution in [0.3, 0.4) is 0 Å². The molecule has 3 heteroatoms. The maximum Gasteiger partial charge on any atom is 0.328 e. The molecule has 1 aromatic rings. The molecule has 0 radical (unpaired) electrons. The van der Waals surface area contributed by atoms with Crippen LogP contribution in [0.4, 0.5) is 0 Å². The van der Waals surface area contributed by atoms with Gasteiger partial charge in [-0.2, -0.15) is 0 Å². The second kappa shape index (κ2) is 4.66. The van der Waals surface area contributed by atoms with E-state index >= 15 is 0 Å². The van der Waals surface area contributed by atoms with E-state index in [-0.39, 0.29) is 12.0 Å². The first-order valence-corrected chi connectivity index (χ1v) is 5.69. The van der Waals surface area contributed by atoms with Gasteiger partial charge in [-0.1, -0.05) is 17.7 Å². The Hall–Kier alpha value is -1.35. The second-order valence-corrected chi connectivity index (χ2v) is 4.34. The molecule has 2 rings (SSSR count). The number of rotatable bonds is 2. The Bertz CT molecular complexity index is 395. The predicted octanol–water partition coefficient (Wildman–Crippen LogP) is 1.96. The molecule has 0 aromatic heterocycles. The summed E-state index contributed by atoms with van der Waals surface area (Å²) in [4.78, 5) is 11.8. The fourth-order valence-electron chi connectivity index (χ4n) is 1.98. The molecule has 0 amide bonds. The van der Waals surface area contributed by atoms with E-state index < -0.39 is 0 Å². The molecule has 0 saturated carbocycles. The van der Waals surface area contributed by atoms with Crippen molar-refractivity contribution in [3.05, 3.63) is 29.3 Å². The quantitative estimate of drug-likeness (QED) is 0.610. The molecule has 3 nitrogen and oxygen atoms in total. The zero-order valence-corrected chi connectivity index (χ0v) is 9.75. The zero-order chi connectivity index (χ0) is 11.5. The number of nitrogens with one attached hydrogen (secondary N) is 1. The normalized spacial score (nSPS) is 19.8. The van der Waals surface area contributed by atoms with Gasteiger partial charge in [0.2, 0.25) is 0 Å². The highest BCUT2D eigenvalue weighted by Gasteiger charge is 2.24. The number of carbonyl (C=O) groups is 1. The second-order valence-electron chi connectivity index (χ2n) is 4.34. The minimum atomic E-state index is -0.163. The average Bonchev–Trinajstić information content (AvgIpc) is 2.75. The van der Waals surface area contributed by atoms with Gasteiger partial charge in [0, 0.05) is 0 Å². The first-order chi connectivity index (χ1) is 7.66. The van der Waals surface area contributed by atoms with Crippen molar-refractivity contribution >= 4 is 5.97 Å². The van der Waals surface area contributed by atoms with Gasteiger partial charge in [-0.25, -0.2) is 4.79 Å². The van der Waals surface area contributed by atoms with E-state index in [1.807, 2.05) is 32.0 Å². The Labute approximate surface area is 95.8 Å². The van der Waals surface area contributed by atoms with Crippen molar-refractivity contribution in [1.82, 2.24) is 5.32 Å². The maximum absolute atomic E-state index is 11.8. The lowest BCUT2D eigenvalue weighted by Gasteiger charge is -2.12. The summed E-state index contributed by atoms with van der Waals surface area (Å²) in [6.45, 7) is 4.89. The Kier molecular flexibility index (Phi) is 3.25. The lowest BCUT2D eigenvalue weighted by Crippen LogP contribution is -2.34. The minimum Gasteiger partial charge on any atom is -0.425 e. The van der Waals surface area contributed by atoms with Gasteiger partial charge in [-0.3, -0.25) is 0 Å². The van der Waals surface area contributed by atoms with Crippen molar-refractivity contribution in [3.63, 3.8) is 0 Å². The molecule has 1 unspecified atom stereocenters. The molecule has 1 aliphatic heterocycles. The summed E-state index contributed by atoms with van der Waals surface area (Å²) in [5.74, 6) is 0.508. The zero-order valence-electron chi connectivity index (χ0n) is 9.75. The highest BCUT2D eigenvalue weighted by atomic mass is 16.5. The van der Waals surface area contributed by atoms with Crippen LogP contribution in [-0.4, -0.2) is 18.6 Å². The van der Waals surface area contributed by atoms with Crippen molar-refractivity contribution in [3.8, 4) is 5.75 Å². The molecule has 1 atom stereocenters. The third-order valence-electron chi connectivity index (χ3n) is 2.89. The van der Waals surface area contributed by atoms with E-state index in [1.165, 1.54) is 5.56 Å². The number of hydrogen-bond acceptors (Lipinski definition) is 3. The third kappa shape index (κ3) is 2.42. The van der Waals surface area contributed by atoms with Gasteiger partial charge >= 0.3 is 5.97 Å². The Morgan fingerprint density at radius 1 is 1.44 bits per heavy atom. The monoisotopic (exact) mass is 219 g/mol. The molecule has 1 N–H and O–H groups in total. The van der Waals surface area contributed by atoms with Crippen LogP contribution in [0.15, 0.2) is 18.2 Å². The average molecular weight is 219 g/mol. The van der Waals surface area contributed by atoms with Crippen molar-refractivity contribution in [2.24, 2.45) is 0 Å². The number of carbonyl (C=O) groups excluding carboxylic acids is 1. The summed E-state index contributed by atoms with van der Waals surface area (Å²) in [7, 11) is 0. The van der Waals surface area contributed by atoms with Crippen LogP contribution in [0.25, 0.3) is 0 Å². The highest BCUT2D eigenvalue weighted by molar-refractivity contribution is 5.78. The maximum atomic E-state index is 11.8. The van der Waals surface area contributed by atoms with E-state index in [0.717, 1.165) is 24.9 Å². The number of benzene rings is 1. The molecule has 0 spiro atoms. The first kappa shape index (κ1) is 11.1. The van der Waals surface area contributed by atoms with Gasteiger partial charge in [0.25, 0.3) is 0 Å². The van der Waals surface area contributed by atoms with Crippen LogP contribution in [0.1, 0.15) is 24.0 Å². The number of aryl methyl sites for hydroxylation is 2. The van der Waals surface area contributed by atoms with Gasteiger partial charge in [-0.15, -0.1) is 0 Å². The Morgan fingerprint density at radius 2 is 2.25 bits per heavy atom. The lowest BCUT2D eigenvalue weighted by atomic mass is 10.1. The molecule has 1 aromatic carbocycles. The fourth-order valence-corrected chi connectivity index (χ4v) is 1.98. The summed E-state index contributed by atoms with van der Waals surface area (Å²) >= 11 is 0. The SMILES string of the molecule is Cc1ccc(OC(=O)C2CCCN2)c(C)c1. The summed E-state index contributed by atoms with van der Waals surface area (Å²) in [5, 5.41) is 3.13. The summed E-state index contributed by atoms with van der Waals surface area (Å²) in [6, 6.07) is 5.71. The van der Waals surface area contributed by atoms with Gasteiger partial charge < -0.3 is 10.1 Å². The van der Waals surface area contributed by atoms with E-state index in [1.54, 1.807) is 0 Å². The van der Waals surface area contributed by atoms with E-state index in [4.69, 9.17) is 4.74 Å². The largest absolute Gasteiger partial charge is 0.425 e. The molecular formula is C13H17NO2. The Morgan fingerprint density at radius 3 is 2.88 bits per heavy atom. The summed E-state index contributed by atoms with van der Waals surface area (Å²) in [6.07, 6.45) is 1.93. The van der Waals surface area contributed by atoms with E-state index in [2.05, 4.69) is 5.32 Å². The minimum absolute atomic E-state index is 0.124. The van der Waals surface area contributed by atoms with Gasteiger partial charge in [0.05, 0.1) is 0 Å². The molecule has 0 bridgehead atoms.